The number of carbonyl (C=O) groups is 1. The van der Waals surface area contributed by atoms with Gasteiger partial charge in [0.25, 0.3) is 0 Å². The lowest BCUT2D eigenvalue weighted by Crippen LogP contribution is -2.14. The van der Waals surface area contributed by atoms with E-state index in [1.807, 2.05) is 35.7 Å². The minimum atomic E-state index is -0.124. The molecule has 9 heteroatoms. The summed E-state index contributed by atoms with van der Waals surface area (Å²) in [4.78, 5) is 29.8. The molecule has 2 aromatic carbocycles. The van der Waals surface area contributed by atoms with E-state index >= 15 is 0 Å². The van der Waals surface area contributed by atoms with Crippen LogP contribution in [-0.2, 0) is 11.2 Å². The summed E-state index contributed by atoms with van der Waals surface area (Å²) in [5.41, 5.74) is 4.68. The quantitative estimate of drug-likeness (QED) is 0.352. The molecule has 0 spiro atoms. The molecule has 0 saturated heterocycles. The number of aryl methyl sites for hydroxylation is 1. The first kappa shape index (κ1) is 20.2. The molecule has 5 rings (SSSR count). The van der Waals surface area contributed by atoms with Crippen LogP contribution in [-0.4, -0.2) is 25.8 Å². The van der Waals surface area contributed by atoms with E-state index in [4.69, 9.17) is 4.98 Å². The fourth-order valence-electron chi connectivity index (χ4n) is 3.13. The molecule has 1 amide bonds. The standard InChI is InChI=1S/C23H18N6OS2/c1-14-3-8-18-19(11-14)32-21(28-18)15-4-6-16(7-5-15)26-20(30)12-17-13-31-23(27-17)29-22-24-9-2-10-25-22/h2-11,13H,12H2,1H3,(H,26,30)(H,24,25,27,29). The highest BCUT2D eigenvalue weighted by atomic mass is 32.1. The van der Waals surface area contributed by atoms with Crippen LogP contribution in [0.4, 0.5) is 16.8 Å². The van der Waals surface area contributed by atoms with E-state index in [0.717, 1.165) is 21.8 Å². The third-order valence-corrected chi connectivity index (χ3v) is 6.51. The van der Waals surface area contributed by atoms with Gasteiger partial charge in [-0.3, -0.25) is 4.79 Å². The van der Waals surface area contributed by atoms with Gasteiger partial charge in [-0.05, 0) is 55.0 Å². The molecule has 0 aliphatic carbocycles. The maximum absolute atomic E-state index is 12.5. The van der Waals surface area contributed by atoms with Crippen LogP contribution < -0.4 is 10.6 Å². The topological polar surface area (TPSA) is 92.7 Å². The average molecular weight is 459 g/mol. The number of benzene rings is 2. The molecule has 3 heterocycles. The minimum Gasteiger partial charge on any atom is -0.326 e. The van der Waals surface area contributed by atoms with Crippen LogP contribution in [0.15, 0.2) is 66.3 Å². The molecular weight excluding hydrogens is 440 g/mol. The Morgan fingerprint density at radius 1 is 1.03 bits per heavy atom. The van der Waals surface area contributed by atoms with E-state index in [0.29, 0.717) is 16.8 Å². The van der Waals surface area contributed by atoms with E-state index in [1.54, 1.807) is 29.8 Å². The van der Waals surface area contributed by atoms with Gasteiger partial charge in [0.1, 0.15) is 5.01 Å². The van der Waals surface area contributed by atoms with Crippen molar-refractivity contribution < 1.29 is 4.79 Å². The Bertz CT molecular complexity index is 1380. The Morgan fingerprint density at radius 2 is 1.84 bits per heavy atom. The second kappa shape index (κ2) is 8.81. The molecular formula is C23H18N6OS2. The van der Waals surface area contributed by atoms with Crippen LogP contribution >= 0.6 is 22.7 Å². The van der Waals surface area contributed by atoms with E-state index < -0.39 is 0 Å². The van der Waals surface area contributed by atoms with Crippen LogP contribution in [0.5, 0.6) is 0 Å². The molecule has 5 aromatic rings. The van der Waals surface area contributed by atoms with Crippen molar-refractivity contribution in [2.75, 3.05) is 10.6 Å². The molecule has 0 saturated carbocycles. The van der Waals surface area contributed by atoms with Gasteiger partial charge in [0.15, 0.2) is 5.13 Å². The molecule has 7 nitrogen and oxygen atoms in total. The van der Waals surface area contributed by atoms with Crippen LogP contribution in [0.3, 0.4) is 0 Å². The molecule has 0 bridgehead atoms. The van der Waals surface area contributed by atoms with Gasteiger partial charge in [-0.15, -0.1) is 22.7 Å². The van der Waals surface area contributed by atoms with Crippen LogP contribution in [0.2, 0.25) is 0 Å². The van der Waals surface area contributed by atoms with Gasteiger partial charge in [-0.2, -0.15) is 0 Å². The zero-order chi connectivity index (χ0) is 21.9. The van der Waals surface area contributed by atoms with Crippen molar-refractivity contribution in [1.82, 2.24) is 19.9 Å². The van der Waals surface area contributed by atoms with Gasteiger partial charge >= 0.3 is 0 Å². The molecule has 3 aromatic heterocycles. The number of hydrogen-bond donors (Lipinski definition) is 2. The van der Waals surface area contributed by atoms with Crippen molar-refractivity contribution >= 4 is 55.6 Å². The Labute approximate surface area is 192 Å². The third kappa shape index (κ3) is 4.63. The van der Waals surface area contributed by atoms with Crippen LogP contribution in [0.1, 0.15) is 11.3 Å². The lowest BCUT2D eigenvalue weighted by Gasteiger charge is -2.05. The van der Waals surface area contributed by atoms with Gasteiger partial charge in [-0.1, -0.05) is 6.07 Å². The minimum absolute atomic E-state index is 0.124. The number of hydrogen-bond acceptors (Lipinski definition) is 8. The number of amides is 1. The number of nitrogens with zero attached hydrogens (tertiary/aromatic N) is 4. The number of aromatic nitrogens is 4. The summed E-state index contributed by atoms with van der Waals surface area (Å²) < 4.78 is 1.17. The van der Waals surface area contributed by atoms with Crippen LogP contribution in [0.25, 0.3) is 20.8 Å². The second-order valence-electron chi connectivity index (χ2n) is 7.13. The Kier molecular flexibility index (Phi) is 5.57. The number of nitrogens with one attached hydrogen (secondary N) is 2. The molecule has 0 aliphatic heterocycles. The number of rotatable bonds is 6. The van der Waals surface area contributed by atoms with E-state index in [2.05, 4.69) is 44.6 Å². The second-order valence-corrected chi connectivity index (χ2v) is 9.02. The lowest BCUT2D eigenvalue weighted by atomic mass is 10.2. The van der Waals surface area contributed by atoms with Gasteiger partial charge in [0.05, 0.1) is 22.3 Å². The number of fused-ring (bicyclic) bond motifs is 1. The number of thiazole rings is 2. The van der Waals surface area contributed by atoms with Crippen molar-refractivity contribution in [2.45, 2.75) is 13.3 Å². The van der Waals surface area contributed by atoms with Crippen molar-refractivity contribution in [3.05, 3.63) is 77.6 Å². The van der Waals surface area contributed by atoms with Gasteiger partial charge < -0.3 is 10.6 Å². The van der Waals surface area contributed by atoms with Gasteiger partial charge in [0.2, 0.25) is 11.9 Å². The van der Waals surface area contributed by atoms with Crippen LogP contribution in [0, 0.1) is 6.92 Å². The summed E-state index contributed by atoms with van der Waals surface area (Å²) in [6, 6.07) is 15.8. The normalized spacial score (nSPS) is 10.9. The molecule has 32 heavy (non-hydrogen) atoms. The maximum atomic E-state index is 12.5. The molecule has 2 N–H and O–H groups in total. The van der Waals surface area contributed by atoms with Crippen molar-refractivity contribution in [1.29, 1.82) is 0 Å². The number of carbonyl (C=O) groups excluding carboxylic acids is 1. The average Bonchev–Trinajstić information content (AvgIpc) is 3.41. The van der Waals surface area contributed by atoms with Crippen molar-refractivity contribution in [3.8, 4) is 10.6 Å². The van der Waals surface area contributed by atoms with Gasteiger partial charge in [-0.25, -0.2) is 19.9 Å². The highest BCUT2D eigenvalue weighted by Gasteiger charge is 2.10. The predicted molar refractivity (Wildman–Crippen MR) is 130 cm³/mol. The molecule has 0 fully saturated rings. The monoisotopic (exact) mass is 458 g/mol. The Hall–Kier alpha value is -3.69. The molecule has 0 aliphatic rings. The van der Waals surface area contributed by atoms with Gasteiger partial charge in [0, 0.05) is 29.0 Å². The largest absolute Gasteiger partial charge is 0.326 e. The Morgan fingerprint density at radius 3 is 2.66 bits per heavy atom. The first-order valence-electron chi connectivity index (χ1n) is 9.88. The van der Waals surface area contributed by atoms with Crippen molar-refractivity contribution in [3.63, 3.8) is 0 Å². The SMILES string of the molecule is Cc1ccc2nc(-c3ccc(NC(=O)Cc4csc(Nc5ncccn5)n4)cc3)sc2c1. The summed E-state index contributed by atoms with van der Waals surface area (Å²) in [6.07, 6.45) is 3.49. The summed E-state index contributed by atoms with van der Waals surface area (Å²) in [5, 5.41) is 9.42. The summed E-state index contributed by atoms with van der Waals surface area (Å²) in [5.74, 6) is 0.349. The number of anilines is 3. The smallest absolute Gasteiger partial charge is 0.230 e. The predicted octanol–water partition coefficient (Wildman–Crippen LogP) is 5.44. The fraction of sp³-hybridized carbons (Fsp3) is 0.0870. The highest BCUT2D eigenvalue weighted by molar-refractivity contribution is 7.21. The highest BCUT2D eigenvalue weighted by Crippen LogP contribution is 2.31. The zero-order valence-corrected chi connectivity index (χ0v) is 18.7. The molecule has 158 valence electrons. The molecule has 0 radical (unpaired) electrons. The molecule has 0 atom stereocenters. The molecule has 0 unspecified atom stereocenters. The Balaban J connectivity index is 1.21. The van der Waals surface area contributed by atoms with E-state index in [-0.39, 0.29) is 12.3 Å². The summed E-state index contributed by atoms with van der Waals surface area (Å²) in [7, 11) is 0. The first-order valence-corrected chi connectivity index (χ1v) is 11.6. The first-order chi connectivity index (χ1) is 15.6. The van der Waals surface area contributed by atoms with E-state index in [9.17, 15) is 4.79 Å². The lowest BCUT2D eigenvalue weighted by molar-refractivity contribution is -0.115. The zero-order valence-electron chi connectivity index (χ0n) is 17.1. The summed E-state index contributed by atoms with van der Waals surface area (Å²) in [6.45, 7) is 2.08. The fourth-order valence-corrected chi connectivity index (χ4v) is 4.90. The summed E-state index contributed by atoms with van der Waals surface area (Å²) >= 11 is 3.08. The maximum Gasteiger partial charge on any atom is 0.230 e. The van der Waals surface area contributed by atoms with Crippen molar-refractivity contribution in [2.24, 2.45) is 0 Å². The third-order valence-electron chi connectivity index (χ3n) is 4.64. The van der Waals surface area contributed by atoms with E-state index in [1.165, 1.54) is 21.6 Å².